The highest BCUT2D eigenvalue weighted by Crippen LogP contribution is 2.23. The van der Waals surface area contributed by atoms with Crippen LogP contribution in [-0.2, 0) is 11.2 Å². The summed E-state index contributed by atoms with van der Waals surface area (Å²) in [6.07, 6.45) is 0.172. The topological polar surface area (TPSA) is 74.2 Å². The van der Waals surface area contributed by atoms with Crippen LogP contribution >= 0.6 is 11.3 Å². The van der Waals surface area contributed by atoms with Crippen molar-refractivity contribution in [1.82, 2.24) is 4.68 Å². The molecule has 0 atom stereocenters. The lowest BCUT2D eigenvalue weighted by Gasteiger charge is -2.15. The van der Waals surface area contributed by atoms with Gasteiger partial charge in [-0.1, -0.05) is 35.9 Å². The van der Waals surface area contributed by atoms with Crippen molar-refractivity contribution >= 4 is 23.2 Å². The first-order valence-electron chi connectivity index (χ1n) is 7.87. The summed E-state index contributed by atoms with van der Waals surface area (Å²) in [5.74, 6) is -1.34. The minimum Gasteiger partial charge on any atom is -0.550 e. The third-order valence-corrected chi connectivity index (χ3v) is 4.72. The summed E-state index contributed by atoms with van der Waals surface area (Å²) in [5, 5.41) is 12.6. The number of hydrogen-bond acceptors (Lipinski definition) is 4. The van der Waals surface area contributed by atoms with Gasteiger partial charge in [-0.2, -0.15) is 0 Å². The molecular formula is C19H17N2O3S-. The number of carbonyl (C=O) groups is 2. The van der Waals surface area contributed by atoms with Gasteiger partial charge in [0.1, 0.15) is 0 Å². The minimum atomic E-state index is -1.12. The van der Waals surface area contributed by atoms with Crippen molar-refractivity contribution in [2.45, 2.75) is 19.8 Å². The molecule has 1 aromatic carbocycles. The van der Waals surface area contributed by atoms with Gasteiger partial charge in [-0.25, -0.2) is 0 Å². The van der Waals surface area contributed by atoms with Crippen LogP contribution in [0.2, 0.25) is 0 Å². The molecule has 3 aromatic rings. The van der Waals surface area contributed by atoms with Crippen LogP contribution in [0.25, 0.3) is 11.3 Å². The van der Waals surface area contributed by atoms with Gasteiger partial charge in [0.15, 0.2) is 0 Å². The Hall–Kier alpha value is -2.86. The Balaban J connectivity index is 1.95. The van der Waals surface area contributed by atoms with E-state index in [2.05, 4.69) is 5.43 Å². The monoisotopic (exact) mass is 353 g/mol. The van der Waals surface area contributed by atoms with Crippen molar-refractivity contribution in [3.63, 3.8) is 0 Å². The Bertz CT molecular complexity index is 880. The Morgan fingerprint density at radius 3 is 2.52 bits per heavy atom. The molecular weight excluding hydrogens is 336 g/mol. The number of aliphatic carboxylic acids is 1. The first-order chi connectivity index (χ1) is 12.0. The van der Waals surface area contributed by atoms with E-state index in [-0.39, 0.29) is 18.7 Å². The smallest absolute Gasteiger partial charge is 0.280 e. The molecule has 0 radical (unpaired) electrons. The lowest BCUT2D eigenvalue weighted by Crippen LogP contribution is -2.26. The number of rotatable bonds is 6. The van der Waals surface area contributed by atoms with E-state index in [1.165, 1.54) is 11.3 Å². The molecule has 0 saturated carbocycles. The molecule has 0 bridgehead atoms. The second-order valence-electron chi connectivity index (χ2n) is 5.70. The van der Waals surface area contributed by atoms with E-state index in [0.29, 0.717) is 10.6 Å². The fourth-order valence-electron chi connectivity index (χ4n) is 2.55. The number of hydrogen-bond donors (Lipinski definition) is 1. The molecule has 25 heavy (non-hydrogen) atoms. The van der Waals surface area contributed by atoms with Crippen molar-refractivity contribution in [3.05, 3.63) is 70.0 Å². The molecule has 6 heteroatoms. The molecule has 2 aromatic heterocycles. The van der Waals surface area contributed by atoms with Gasteiger partial charge in [0, 0.05) is 17.2 Å². The van der Waals surface area contributed by atoms with E-state index in [1.807, 2.05) is 54.8 Å². The fraction of sp³-hybridized carbons (Fsp3) is 0.158. The lowest BCUT2D eigenvalue weighted by atomic mass is 10.1. The molecule has 0 fully saturated rings. The zero-order valence-corrected chi connectivity index (χ0v) is 14.5. The summed E-state index contributed by atoms with van der Waals surface area (Å²) in [6.45, 7) is 2.01. The van der Waals surface area contributed by atoms with Gasteiger partial charge in [0.05, 0.1) is 10.6 Å². The van der Waals surface area contributed by atoms with Crippen LogP contribution in [0, 0.1) is 6.92 Å². The van der Waals surface area contributed by atoms with Crippen LogP contribution in [0.1, 0.15) is 27.3 Å². The molecule has 1 amide bonds. The summed E-state index contributed by atoms with van der Waals surface area (Å²) in [7, 11) is 0. The minimum absolute atomic E-state index is 0.105. The second kappa shape index (κ2) is 7.36. The summed E-state index contributed by atoms with van der Waals surface area (Å²) in [6, 6.07) is 15.2. The van der Waals surface area contributed by atoms with Crippen molar-refractivity contribution in [2.75, 3.05) is 5.43 Å². The van der Waals surface area contributed by atoms with Crippen molar-refractivity contribution in [2.24, 2.45) is 0 Å². The molecule has 2 heterocycles. The van der Waals surface area contributed by atoms with Gasteiger partial charge in [-0.3, -0.25) is 14.9 Å². The molecule has 1 N–H and O–H groups in total. The highest BCUT2D eigenvalue weighted by atomic mass is 32.1. The van der Waals surface area contributed by atoms with Gasteiger partial charge in [-0.05, 0) is 43.3 Å². The van der Waals surface area contributed by atoms with Gasteiger partial charge in [0.2, 0.25) is 0 Å². The van der Waals surface area contributed by atoms with Gasteiger partial charge in [0.25, 0.3) is 5.91 Å². The predicted octanol–water partition coefficient (Wildman–Crippen LogP) is 2.59. The maximum absolute atomic E-state index is 12.5. The average Bonchev–Trinajstić information content (AvgIpc) is 3.24. The van der Waals surface area contributed by atoms with Crippen LogP contribution in [0.15, 0.2) is 53.9 Å². The first-order valence-corrected chi connectivity index (χ1v) is 8.75. The van der Waals surface area contributed by atoms with Crippen LogP contribution in [0.5, 0.6) is 0 Å². The van der Waals surface area contributed by atoms with E-state index >= 15 is 0 Å². The molecule has 0 aliphatic carbocycles. The number of thiophene rings is 1. The van der Waals surface area contributed by atoms with Gasteiger partial charge >= 0.3 is 0 Å². The second-order valence-corrected chi connectivity index (χ2v) is 6.65. The van der Waals surface area contributed by atoms with Crippen molar-refractivity contribution < 1.29 is 14.7 Å². The molecule has 0 unspecified atom stereocenters. The van der Waals surface area contributed by atoms with Crippen LogP contribution < -0.4 is 10.5 Å². The molecule has 3 rings (SSSR count). The number of nitrogens with zero attached hydrogens (tertiary/aromatic N) is 1. The average molecular weight is 353 g/mol. The highest BCUT2D eigenvalue weighted by Gasteiger charge is 2.14. The van der Waals surface area contributed by atoms with E-state index in [9.17, 15) is 14.7 Å². The number of nitrogens with one attached hydrogen (secondary N) is 1. The number of carboxylic acid groups (broad SMARTS) is 1. The number of carbonyl (C=O) groups excluding carboxylic acids is 2. The normalized spacial score (nSPS) is 10.6. The Labute approximate surface area is 149 Å². The third kappa shape index (κ3) is 3.97. The Kier molecular flexibility index (Phi) is 5.00. The summed E-state index contributed by atoms with van der Waals surface area (Å²) in [5.41, 5.74) is 6.47. The Morgan fingerprint density at radius 2 is 1.88 bits per heavy atom. The molecule has 0 saturated heterocycles. The third-order valence-electron chi connectivity index (χ3n) is 3.85. The van der Waals surface area contributed by atoms with Crippen LogP contribution in [0.3, 0.4) is 0 Å². The maximum atomic E-state index is 12.5. The first kappa shape index (κ1) is 17.0. The summed E-state index contributed by atoms with van der Waals surface area (Å²) in [4.78, 5) is 23.8. The SMILES string of the molecule is Cc1ccc(-c2ccc(CCC(=O)[O-])n2NC(=O)c2cccs2)cc1. The van der Waals surface area contributed by atoms with Crippen LogP contribution in [-0.4, -0.2) is 16.6 Å². The zero-order valence-electron chi connectivity index (χ0n) is 13.7. The van der Waals surface area contributed by atoms with Crippen LogP contribution in [0.4, 0.5) is 0 Å². The summed E-state index contributed by atoms with van der Waals surface area (Å²) < 4.78 is 1.66. The predicted molar refractivity (Wildman–Crippen MR) is 95.9 cm³/mol. The number of aryl methyl sites for hydroxylation is 2. The highest BCUT2D eigenvalue weighted by molar-refractivity contribution is 7.12. The number of aromatic nitrogens is 1. The molecule has 0 spiro atoms. The number of amides is 1. The molecule has 5 nitrogen and oxygen atoms in total. The quantitative estimate of drug-likeness (QED) is 0.740. The maximum Gasteiger partial charge on any atom is 0.280 e. The largest absolute Gasteiger partial charge is 0.550 e. The standard InChI is InChI=1S/C19H18N2O3S/c1-13-4-6-14(7-5-13)16-10-8-15(9-11-18(22)23)21(16)20-19(24)17-3-2-12-25-17/h2-8,10,12H,9,11H2,1H3,(H,20,24)(H,22,23)/p-1. The number of benzene rings is 1. The summed E-state index contributed by atoms with van der Waals surface area (Å²) >= 11 is 1.35. The molecule has 128 valence electrons. The van der Waals surface area contributed by atoms with E-state index in [4.69, 9.17) is 0 Å². The molecule has 0 aliphatic rings. The Morgan fingerprint density at radius 1 is 1.12 bits per heavy atom. The zero-order chi connectivity index (χ0) is 17.8. The van der Waals surface area contributed by atoms with E-state index in [0.717, 1.165) is 16.8 Å². The lowest BCUT2D eigenvalue weighted by molar-refractivity contribution is -0.305. The van der Waals surface area contributed by atoms with Crippen molar-refractivity contribution in [3.8, 4) is 11.3 Å². The molecule has 0 aliphatic heterocycles. The van der Waals surface area contributed by atoms with Gasteiger partial charge < -0.3 is 9.90 Å². The van der Waals surface area contributed by atoms with E-state index < -0.39 is 5.97 Å². The van der Waals surface area contributed by atoms with Gasteiger partial charge in [-0.15, -0.1) is 11.3 Å². The number of carboxylic acids is 1. The fourth-order valence-corrected chi connectivity index (χ4v) is 3.16. The van der Waals surface area contributed by atoms with Crippen molar-refractivity contribution in [1.29, 1.82) is 0 Å². The van der Waals surface area contributed by atoms with E-state index in [1.54, 1.807) is 10.7 Å².